The first kappa shape index (κ1) is 16.2. The molecule has 0 aromatic heterocycles. The number of aliphatic carboxylic acids is 1. The summed E-state index contributed by atoms with van der Waals surface area (Å²) in [6, 6.07) is 3.83. The minimum Gasteiger partial charge on any atom is -0.480 e. The Morgan fingerprint density at radius 2 is 1.88 bits per heavy atom. The van der Waals surface area contributed by atoms with Gasteiger partial charge in [0.15, 0.2) is 0 Å². The average Bonchev–Trinajstić information content (AvgIpc) is 3.32. The van der Waals surface area contributed by atoms with E-state index in [1.807, 2.05) is 6.92 Å². The number of amides is 3. The molecule has 1 saturated carbocycles. The molecule has 3 amide bonds. The number of carboxylic acid groups (broad SMARTS) is 1. The lowest BCUT2D eigenvalue weighted by molar-refractivity contribution is -0.150. The van der Waals surface area contributed by atoms with Crippen LogP contribution in [0.1, 0.15) is 46.0 Å². The number of nitrogens with zero attached hydrogens (tertiary/aromatic N) is 2. The van der Waals surface area contributed by atoms with Crippen molar-refractivity contribution in [2.24, 2.45) is 0 Å². The van der Waals surface area contributed by atoms with Crippen LogP contribution in [0, 0.1) is 6.92 Å². The third-order valence-electron chi connectivity index (χ3n) is 4.42. The molecule has 7 heteroatoms. The highest BCUT2D eigenvalue weighted by molar-refractivity contribution is 6.22. The molecular formula is C17H18N2O5. The SMILES string of the molecule is Cc1ccc2c(c1)C(=O)N(CC(=O)N(C1CC1)C(C)C(=O)O)C2=O. The Bertz CT molecular complexity index is 753. The summed E-state index contributed by atoms with van der Waals surface area (Å²) in [5.74, 6) is -2.64. The van der Waals surface area contributed by atoms with Gasteiger partial charge in [-0.1, -0.05) is 11.6 Å². The fourth-order valence-electron chi connectivity index (χ4n) is 2.97. The van der Waals surface area contributed by atoms with E-state index in [9.17, 15) is 24.3 Å². The monoisotopic (exact) mass is 330 g/mol. The molecule has 0 spiro atoms. The molecule has 1 aliphatic carbocycles. The lowest BCUT2D eigenvalue weighted by Gasteiger charge is -2.28. The number of benzene rings is 1. The van der Waals surface area contributed by atoms with Crippen LogP contribution in [0.5, 0.6) is 0 Å². The number of aryl methyl sites for hydroxylation is 1. The minimum absolute atomic E-state index is 0.124. The molecule has 1 unspecified atom stereocenters. The van der Waals surface area contributed by atoms with Gasteiger partial charge in [-0.2, -0.15) is 0 Å². The molecule has 0 saturated heterocycles. The summed E-state index contributed by atoms with van der Waals surface area (Å²) in [7, 11) is 0. The Kier molecular flexibility index (Phi) is 3.87. The molecule has 7 nitrogen and oxygen atoms in total. The van der Waals surface area contributed by atoms with Gasteiger partial charge in [-0.15, -0.1) is 0 Å². The van der Waals surface area contributed by atoms with Gasteiger partial charge in [0.2, 0.25) is 5.91 Å². The third kappa shape index (κ3) is 2.66. The third-order valence-corrected chi connectivity index (χ3v) is 4.42. The zero-order chi connectivity index (χ0) is 17.6. The number of hydrogen-bond acceptors (Lipinski definition) is 4. The number of fused-ring (bicyclic) bond motifs is 1. The average molecular weight is 330 g/mol. The zero-order valence-corrected chi connectivity index (χ0v) is 13.5. The van der Waals surface area contributed by atoms with Crippen molar-refractivity contribution < 1.29 is 24.3 Å². The summed E-state index contributed by atoms with van der Waals surface area (Å²) in [4.78, 5) is 50.8. The maximum Gasteiger partial charge on any atom is 0.326 e. The molecule has 1 heterocycles. The van der Waals surface area contributed by atoms with E-state index >= 15 is 0 Å². The molecule has 2 aliphatic rings. The van der Waals surface area contributed by atoms with Crippen LogP contribution in [0.2, 0.25) is 0 Å². The van der Waals surface area contributed by atoms with Crippen molar-refractivity contribution in [3.05, 3.63) is 34.9 Å². The summed E-state index contributed by atoms with van der Waals surface area (Å²) in [6.45, 7) is 2.82. The lowest BCUT2D eigenvalue weighted by atomic mass is 10.1. The molecule has 126 valence electrons. The largest absolute Gasteiger partial charge is 0.480 e. The van der Waals surface area contributed by atoms with Gasteiger partial charge in [-0.25, -0.2) is 4.79 Å². The Morgan fingerprint density at radius 3 is 2.46 bits per heavy atom. The normalized spacial score (nSPS) is 17.7. The molecule has 0 radical (unpaired) electrons. The van der Waals surface area contributed by atoms with Gasteiger partial charge in [0.25, 0.3) is 11.8 Å². The molecule has 1 aliphatic heterocycles. The quantitative estimate of drug-likeness (QED) is 0.815. The summed E-state index contributed by atoms with van der Waals surface area (Å²) in [6.07, 6.45) is 1.48. The number of hydrogen-bond donors (Lipinski definition) is 1. The van der Waals surface area contributed by atoms with Crippen LogP contribution in [0.25, 0.3) is 0 Å². The van der Waals surface area contributed by atoms with E-state index in [1.165, 1.54) is 11.8 Å². The van der Waals surface area contributed by atoms with E-state index in [4.69, 9.17) is 0 Å². The molecular weight excluding hydrogens is 312 g/mol. The first-order valence-corrected chi connectivity index (χ1v) is 7.82. The molecule has 1 fully saturated rings. The number of imide groups is 1. The van der Waals surface area contributed by atoms with Gasteiger partial charge in [-0.3, -0.25) is 19.3 Å². The van der Waals surface area contributed by atoms with Crippen molar-refractivity contribution in [3.63, 3.8) is 0 Å². The van der Waals surface area contributed by atoms with Crippen molar-refractivity contribution in [1.82, 2.24) is 9.80 Å². The van der Waals surface area contributed by atoms with Gasteiger partial charge in [-0.05, 0) is 38.8 Å². The molecule has 24 heavy (non-hydrogen) atoms. The summed E-state index contributed by atoms with van der Waals surface area (Å²) in [5.41, 5.74) is 1.42. The number of carbonyl (C=O) groups is 4. The highest BCUT2D eigenvalue weighted by atomic mass is 16.4. The Hall–Kier alpha value is -2.70. The second kappa shape index (κ2) is 5.74. The highest BCUT2D eigenvalue weighted by Crippen LogP contribution is 2.30. The van der Waals surface area contributed by atoms with Crippen LogP contribution in [-0.2, 0) is 9.59 Å². The van der Waals surface area contributed by atoms with Crippen LogP contribution in [-0.4, -0.2) is 57.2 Å². The van der Waals surface area contributed by atoms with E-state index in [0.717, 1.165) is 23.3 Å². The van der Waals surface area contributed by atoms with Crippen molar-refractivity contribution in [2.45, 2.75) is 38.8 Å². The van der Waals surface area contributed by atoms with Crippen LogP contribution >= 0.6 is 0 Å². The first-order valence-electron chi connectivity index (χ1n) is 7.82. The first-order chi connectivity index (χ1) is 11.3. The van der Waals surface area contributed by atoms with Gasteiger partial charge >= 0.3 is 5.97 Å². The lowest BCUT2D eigenvalue weighted by Crippen LogP contribution is -2.49. The fraction of sp³-hybridized carbons (Fsp3) is 0.412. The topological polar surface area (TPSA) is 95.0 Å². The van der Waals surface area contributed by atoms with E-state index in [1.54, 1.807) is 18.2 Å². The van der Waals surface area contributed by atoms with Crippen LogP contribution < -0.4 is 0 Å². The second-order valence-corrected chi connectivity index (χ2v) is 6.29. The molecule has 1 aromatic carbocycles. The predicted octanol–water partition coefficient (Wildman–Crippen LogP) is 1.06. The summed E-state index contributed by atoms with van der Waals surface area (Å²) >= 11 is 0. The van der Waals surface area contributed by atoms with Crippen LogP contribution in [0.15, 0.2) is 18.2 Å². The second-order valence-electron chi connectivity index (χ2n) is 6.29. The van der Waals surface area contributed by atoms with Gasteiger partial charge < -0.3 is 10.0 Å². The van der Waals surface area contributed by atoms with Gasteiger partial charge in [0.05, 0.1) is 11.1 Å². The van der Waals surface area contributed by atoms with E-state index < -0.39 is 36.3 Å². The van der Waals surface area contributed by atoms with Crippen LogP contribution in [0.4, 0.5) is 0 Å². The standard InChI is InChI=1S/C17H18N2O5/c1-9-3-6-12-13(7-9)16(22)18(15(12)21)8-14(20)19(11-4-5-11)10(2)17(23)24/h3,6-7,10-11H,4-5,8H2,1-2H3,(H,23,24). The van der Waals surface area contributed by atoms with Crippen molar-refractivity contribution in [3.8, 4) is 0 Å². The summed E-state index contributed by atoms with van der Waals surface area (Å²) in [5, 5.41) is 9.17. The van der Waals surface area contributed by atoms with E-state index in [0.29, 0.717) is 0 Å². The number of carboxylic acids is 1. The maximum absolute atomic E-state index is 12.6. The molecule has 1 N–H and O–H groups in total. The van der Waals surface area contributed by atoms with Crippen molar-refractivity contribution in [1.29, 1.82) is 0 Å². The molecule has 0 bridgehead atoms. The Balaban J connectivity index is 1.81. The van der Waals surface area contributed by atoms with E-state index in [-0.39, 0.29) is 17.2 Å². The highest BCUT2D eigenvalue weighted by Gasteiger charge is 2.42. The van der Waals surface area contributed by atoms with Crippen molar-refractivity contribution >= 4 is 23.7 Å². The summed E-state index contributed by atoms with van der Waals surface area (Å²) < 4.78 is 0. The number of carbonyl (C=O) groups excluding carboxylic acids is 3. The molecule has 1 aromatic rings. The molecule has 3 rings (SSSR count). The zero-order valence-electron chi connectivity index (χ0n) is 13.5. The maximum atomic E-state index is 12.6. The Labute approximate surface area is 138 Å². The van der Waals surface area contributed by atoms with Crippen molar-refractivity contribution in [2.75, 3.05) is 6.54 Å². The van der Waals surface area contributed by atoms with Gasteiger partial charge in [0, 0.05) is 6.04 Å². The minimum atomic E-state index is -1.10. The van der Waals surface area contributed by atoms with Gasteiger partial charge in [0.1, 0.15) is 12.6 Å². The smallest absolute Gasteiger partial charge is 0.326 e. The predicted molar refractivity (Wildman–Crippen MR) is 83.5 cm³/mol. The van der Waals surface area contributed by atoms with Crippen LogP contribution in [0.3, 0.4) is 0 Å². The number of rotatable bonds is 5. The molecule has 1 atom stereocenters. The fourth-order valence-corrected chi connectivity index (χ4v) is 2.97. The van der Waals surface area contributed by atoms with E-state index in [2.05, 4.69) is 0 Å². The Morgan fingerprint density at radius 1 is 1.25 bits per heavy atom.